The van der Waals surface area contributed by atoms with E-state index in [-0.39, 0.29) is 0 Å². The number of rotatable bonds is 2. The molecule has 20 heavy (non-hydrogen) atoms. The summed E-state index contributed by atoms with van der Waals surface area (Å²) in [4.78, 5) is 7.28. The van der Waals surface area contributed by atoms with E-state index in [0.717, 1.165) is 37.2 Å². The fourth-order valence-electron chi connectivity index (χ4n) is 3.56. The highest BCUT2D eigenvalue weighted by atomic mass is 15.4. The molecule has 2 atom stereocenters. The van der Waals surface area contributed by atoms with E-state index in [1.165, 1.54) is 12.1 Å². The van der Waals surface area contributed by atoms with Gasteiger partial charge in [-0.3, -0.25) is 4.57 Å². The van der Waals surface area contributed by atoms with Gasteiger partial charge >= 0.3 is 0 Å². The average Bonchev–Trinajstić information content (AvgIpc) is 3.14. The lowest BCUT2D eigenvalue weighted by molar-refractivity contribution is 0.575. The van der Waals surface area contributed by atoms with Crippen molar-refractivity contribution >= 4 is 5.95 Å². The molecule has 4 nitrogen and oxygen atoms in total. The number of anilines is 1. The van der Waals surface area contributed by atoms with Crippen LogP contribution in [0.5, 0.6) is 0 Å². The molecule has 4 rings (SSSR count). The molecule has 0 aliphatic carbocycles. The molecule has 2 aromatic rings. The number of nitrogens with one attached hydrogen (secondary N) is 1. The summed E-state index contributed by atoms with van der Waals surface area (Å²) >= 11 is 0. The third-order valence-electron chi connectivity index (χ3n) is 4.54. The third-order valence-corrected chi connectivity index (χ3v) is 4.54. The van der Waals surface area contributed by atoms with Crippen LogP contribution in [0.25, 0.3) is 5.69 Å². The maximum Gasteiger partial charge on any atom is 0.210 e. The molecule has 0 unspecified atom stereocenters. The van der Waals surface area contributed by atoms with Crippen LogP contribution in [0.4, 0.5) is 5.95 Å². The summed E-state index contributed by atoms with van der Waals surface area (Å²) < 4.78 is 2.23. The van der Waals surface area contributed by atoms with Crippen LogP contribution in [0.2, 0.25) is 0 Å². The quantitative estimate of drug-likeness (QED) is 0.904. The summed E-state index contributed by atoms with van der Waals surface area (Å²) in [6, 6.07) is 11.1. The zero-order valence-corrected chi connectivity index (χ0v) is 11.8. The summed E-state index contributed by atoms with van der Waals surface area (Å²) in [5.74, 6) is 1.89. The van der Waals surface area contributed by atoms with Gasteiger partial charge in [0.2, 0.25) is 5.95 Å². The molecule has 0 saturated carbocycles. The minimum atomic E-state index is 0.610. The van der Waals surface area contributed by atoms with Crippen molar-refractivity contribution in [2.24, 2.45) is 5.92 Å². The van der Waals surface area contributed by atoms with E-state index in [0.29, 0.717) is 6.04 Å². The second-order valence-corrected chi connectivity index (χ2v) is 5.86. The van der Waals surface area contributed by atoms with E-state index in [4.69, 9.17) is 4.98 Å². The fourth-order valence-corrected chi connectivity index (χ4v) is 3.56. The lowest BCUT2D eigenvalue weighted by Gasteiger charge is -2.25. The van der Waals surface area contributed by atoms with Crippen molar-refractivity contribution in [3.8, 4) is 5.69 Å². The van der Waals surface area contributed by atoms with Crippen molar-refractivity contribution in [3.63, 3.8) is 0 Å². The molecule has 1 aromatic carbocycles. The van der Waals surface area contributed by atoms with Crippen LogP contribution in [0.3, 0.4) is 0 Å². The van der Waals surface area contributed by atoms with Crippen LogP contribution in [-0.4, -0.2) is 35.2 Å². The molecular weight excluding hydrogens is 248 g/mol. The minimum Gasteiger partial charge on any atom is -0.337 e. The number of hydrogen-bond acceptors (Lipinski definition) is 3. The predicted octanol–water partition coefficient (Wildman–Crippen LogP) is 1.98. The van der Waals surface area contributed by atoms with Crippen molar-refractivity contribution < 1.29 is 0 Å². The van der Waals surface area contributed by atoms with Crippen molar-refractivity contribution in [3.05, 3.63) is 42.2 Å². The van der Waals surface area contributed by atoms with Gasteiger partial charge in [0.1, 0.15) is 0 Å². The molecule has 2 aliphatic rings. The Morgan fingerprint density at radius 1 is 1.20 bits per heavy atom. The van der Waals surface area contributed by atoms with Crippen LogP contribution >= 0.6 is 0 Å². The highest BCUT2D eigenvalue weighted by Gasteiger charge is 2.39. The molecular formula is C16H20N4. The van der Waals surface area contributed by atoms with Crippen LogP contribution < -0.4 is 10.2 Å². The average molecular weight is 268 g/mol. The molecule has 104 valence electrons. The van der Waals surface area contributed by atoms with Crippen molar-refractivity contribution in [2.75, 3.05) is 24.5 Å². The highest BCUT2D eigenvalue weighted by molar-refractivity contribution is 5.47. The number of aromatic nitrogens is 2. The molecule has 0 bridgehead atoms. The fraction of sp³-hybridized carbons (Fsp3) is 0.438. The van der Waals surface area contributed by atoms with Gasteiger partial charge < -0.3 is 10.2 Å². The van der Waals surface area contributed by atoms with Gasteiger partial charge in [0, 0.05) is 37.6 Å². The van der Waals surface area contributed by atoms with E-state index >= 15 is 0 Å². The lowest BCUT2D eigenvalue weighted by Crippen LogP contribution is -2.35. The Bertz CT molecular complexity index is 604. The molecule has 0 spiro atoms. The van der Waals surface area contributed by atoms with Crippen LogP contribution in [0.15, 0.2) is 36.5 Å². The van der Waals surface area contributed by atoms with E-state index in [1.54, 1.807) is 0 Å². The molecule has 2 aliphatic heterocycles. The monoisotopic (exact) mass is 268 g/mol. The molecule has 2 fully saturated rings. The Labute approximate surface area is 119 Å². The predicted molar refractivity (Wildman–Crippen MR) is 80.4 cm³/mol. The Morgan fingerprint density at radius 3 is 2.90 bits per heavy atom. The van der Waals surface area contributed by atoms with E-state index in [9.17, 15) is 0 Å². The van der Waals surface area contributed by atoms with E-state index in [1.807, 2.05) is 0 Å². The van der Waals surface area contributed by atoms with Gasteiger partial charge in [-0.05, 0) is 31.4 Å². The zero-order valence-electron chi connectivity index (χ0n) is 11.8. The Hall–Kier alpha value is -1.81. The first kappa shape index (κ1) is 12.0. The van der Waals surface area contributed by atoms with Crippen molar-refractivity contribution in [2.45, 2.75) is 19.4 Å². The molecule has 1 N–H and O–H groups in total. The Kier molecular flexibility index (Phi) is 2.77. The van der Waals surface area contributed by atoms with Gasteiger partial charge in [0.25, 0.3) is 0 Å². The lowest BCUT2D eigenvalue weighted by atomic mass is 10.1. The van der Waals surface area contributed by atoms with Crippen LogP contribution in [-0.2, 0) is 0 Å². The summed E-state index contributed by atoms with van der Waals surface area (Å²) in [5, 5.41) is 3.51. The van der Waals surface area contributed by atoms with Crippen molar-refractivity contribution in [1.82, 2.24) is 14.9 Å². The zero-order chi connectivity index (χ0) is 13.5. The molecule has 0 amide bonds. The highest BCUT2D eigenvalue weighted by Crippen LogP contribution is 2.32. The number of benzene rings is 1. The largest absolute Gasteiger partial charge is 0.337 e. The molecule has 0 radical (unpaired) electrons. The summed E-state index contributed by atoms with van der Waals surface area (Å²) in [5.41, 5.74) is 2.27. The maximum atomic E-state index is 4.79. The van der Waals surface area contributed by atoms with Gasteiger partial charge in [-0.15, -0.1) is 0 Å². The summed E-state index contributed by atoms with van der Waals surface area (Å²) in [6.07, 6.45) is 3.42. The van der Waals surface area contributed by atoms with Crippen LogP contribution in [0.1, 0.15) is 12.1 Å². The molecule has 3 heterocycles. The number of para-hydroxylation sites is 1. The minimum absolute atomic E-state index is 0.610. The normalized spacial score (nSPS) is 25.1. The van der Waals surface area contributed by atoms with Crippen LogP contribution in [0, 0.1) is 12.8 Å². The topological polar surface area (TPSA) is 33.1 Å². The second kappa shape index (κ2) is 4.63. The maximum absolute atomic E-state index is 4.79. The third kappa shape index (κ3) is 1.83. The Balaban J connectivity index is 1.75. The first-order valence-corrected chi connectivity index (χ1v) is 7.42. The van der Waals surface area contributed by atoms with Gasteiger partial charge in [0.05, 0.1) is 5.69 Å². The smallest absolute Gasteiger partial charge is 0.210 e. The van der Waals surface area contributed by atoms with Crippen molar-refractivity contribution in [1.29, 1.82) is 0 Å². The second-order valence-electron chi connectivity index (χ2n) is 5.86. The SMILES string of the molecule is Cc1cn(-c2ccccc2)c(N2CC[C@H]3CNC[C@H]32)n1. The Morgan fingerprint density at radius 2 is 2.05 bits per heavy atom. The van der Waals surface area contributed by atoms with Gasteiger partial charge in [-0.25, -0.2) is 4.98 Å². The number of aryl methyl sites for hydroxylation is 1. The van der Waals surface area contributed by atoms with Gasteiger partial charge in [-0.1, -0.05) is 18.2 Å². The molecule has 1 aromatic heterocycles. The summed E-state index contributed by atoms with van der Waals surface area (Å²) in [7, 11) is 0. The van der Waals surface area contributed by atoms with E-state index < -0.39 is 0 Å². The number of fused-ring (bicyclic) bond motifs is 1. The number of hydrogen-bond donors (Lipinski definition) is 1. The molecule has 4 heteroatoms. The number of imidazole rings is 1. The van der Waals surface area contributed by atoms with E-state index in [2.05, 4.69) is 58.2 Å². The number of nitrogens with zero attached hydrogens (tertiary/aromatic N) is 3. The van der Waals surface area contributed by atoms with Gasteiger partial charge in [0.15, 0.2) is 0 Å². The first-order chi connectivity index (χ1) is 9.83. The standard InChI is InChI=1S/C16H20N4/c1-12-11-20(14-5-3-2-4-6-14)16(18-12)19-8-7-13-9-17-10-15(13)19/h2-6,11,13,15,17H,7-10H2,1H3/t13-,15+/m0/s1. The first-order valence-electron chi connectivity index (χ1n) is 7.42. The van der Waals surface area contributed by atoms with Gasteiger partial charge in [-0.2, -0.15) is 0 Å². The molecule has 2 saturated heterocycles. The summed E-state index contributed by atoms with van der Waals surface area (Å²) in [6.45, 7) is 5.45.